The Labute approximate surface area is 111 Å². The molecule has 0 N–H and O–H groups in total. The van der Waals surface area contributed by atoms with E-state index < -0.39 is 6.10 Å². The van der Waals surface area contributed by atoms with E-state index in [1.54, 1.807) is 31.1 Å². The molecule has 0 aliphatic carbocycles. The van der Waals surface area contributed by atoms with Gasteiger partial charge in [0.15, 0.2) is 6.10 Å². The Balaban J connectivity index is 2.27. The second kappa shape index (κ2) is 5.59. The Morgan fingerprint density at radius 2 is 2.33 bits per heavy atom. The number of methoxy groups -OCH3 is 1. The van der Waals surface area contributed by atoms with Gasteiger partial charge in [-0.3, -0.25) is 4.79 Å². The molecular formula is C13H16ClNO3. The standard InChI is InChI=1S/C13H16ClNO3/c1-9-13(16)15(5-6-17-2)8-10-7-11(14)3-4-12(10)18-9/h3-4,7,9H,5-6,8H2,1-2H3/t9-/m1/s1. The zero-order chi connectivity index (χ0) is 13.1. The predicted octanol–water partition coefficient (Wildman–Crippen LogP) is 2.10. The van der Waals surface area contributed by atoms with Gasteiger partial charge in [0.1, 0.15) is 5.75 Å². The Morgan fingerprint density at radius 1 is 1.56 bits per heavy atom. The predicted molar refractivity (Wildman–Crippen MR) is 68.8 cm³/mol. The summed E-state index contributed by atoms with van der Waals surface area (Å²) in [4.78, 5) is 13.8. The van der Waals surface area contributed by atoms with E-state index in [1.807, 2.05) is 6.07 Å². The second-order valence-corrected chi connectivity index (χ2v) is 4.70. The summed E-state index contributed by atoms with van der Waals surface area (Å²) in [6.45, 7) is 3.32. The van der Waals surface area contributed by atoms with Gasteiger partial charge in [-0.05, 0) is 25.1 Å². The first-order chi connectivity index (χ1) is 8.61. The molecule has 1 aliphatic rings. The molecule has 1 amide bonds. The highest BCUT2D eigenvalue weighted by Gasteiger charge is 2.27. The molecule has 98 valence electrons. The molecule has 4 nitrogen and oxygen atoms in total. The lowest BCUT2D eigenvalue weighted by Gasteiger charge is -2.21. The SMILES string of the molecule is COCCN1Cc2cc(Cl)ccc2O[C@H](C)C1=O. The Kier molecular flexibility index (Phi) is 4.09. The van der Waals surface area contributed by atoms with Crippen molar-refractivity contribution < 1.29 is 14.3 Å². The molecular weight excluding hydrogens is 254 g/mol. The summed E-state index contributed by atoms with van der Waals surface area (Å²) in [6.07, 6.45) is -0.482. The molecule has 1 aromatic carbocycles. The van der Waals surface area contributed by atoms with Gasteiger partial charge in [0.2, 0.25) is 0 Å². The summed E-state index contributed by atoms with van der Waals surface area (Å²) in [5.41, 5.74) is 0.927. The van der Waals surface area contributed by atoms with Gasteiger partial charge in [-0.1, -0.05) is 11.6 Å². The van der Waals surface area contributed by atoms with Crippen LogP contribution in [-0.2, 0) is 16.1 Å². The molecule has 0 spiro atoms. The Bertz CT molecular complexity index is 450. The lowest BCUT2D eigenvalue weighted by atomic mass is 10.2. The summed E-state index contributed by atoms with van der Waals surface area (Å²) < 4.78 is 10.7. The highest BCUT2D eigenvalue weighted by Crippen LogP contribution is 2.28. The number of rotatable bonds is 3. The molecule has 1 atom stereocenters. The smallest absolute Gasteiger partial charge is 0.263 e. The highest BCUT2D eigenvalue weighted by molar-refractivity contribution is 6.30. The van der Waals surface area contributed by atoms with Crippen molar-refractivity contribution in [2.75, 3.05) is 20.3 Å². The summed E-state index contributed by atoms with van der Waals surface area (Å²) in [5, 5.41) is 0.644. The van der Waals surface area contributed by atoms with Gasteiger partial charge < -0.3 is 14.4 Å². The molecule has 0 saturated heterocycles. The molecule has 0 fully saturated rings. The number of ether oxygens (including phenoxy) is 2. The molecule has 1 aromatic rings. The Hall–Kier alpha value is -1.26. The van der Waals surface area contributed by atoms with Crippen LogP contribution in [0.3, 0.4) is 0 Å². The zero-order valence-corrected chi connectivity index (χ0v) is 11.2. The normalized spacial score (nSPS) is 19.2. The van der Waals surface area contributed by atoms with Crippen LogP contribution in [0.2, 0.25) is 5.02 Å². The van der Waals surface area contributed by atoms with Gasteiger partial charge in [-0.25, -0.2) is 0 Å². The van der Waals surface area contributed by atoms with Crippen LogP contribution in [0, 0.1) is 0 Å². The third-order valence-electron chi connectivity index (χ3n) is 2.91. The zero-order valence-electron chi connectivity index (χ0n) is 10.5. The lowest BCUT2D eigenvalue weighted by Crippen LogP contribution is -2.39. The fourth-order valence-electron chi connectivity index (χ4n) is 1.96. The average Bonchev–Trinajstić information content (AvgIpc) is 2.46. The first-order valence-corrected chi connectivity index (χ1v) is 6.22. The Morgan fingerprint density at radius 3 is 3.06 bits per heavy atom. The van der Waals surface area contributed by atoms with Crippen LogP contribution in [0.1, 0.15) is 12.5 Å². The van der Waals surface area contributed by atoms with Crippen LogP contribution in [0.15, 0.2) is 18.2 Å². The van der Waals surface area contributed by atoms with Crippen molar-refractivity contribution in [2.24, 2.45) is 0 Å². The lowest BCUT2D eigenvalue weighted by molar-refractivity contribution is -0.138. The monoisotopic (exact) mass is 269 g/mol. The highest BCUT2D eigenvalue weighted by atomic mass is 35.5. The van der Waals surface area contributed by atoms with E-state index in [-0.39, 0.29) is 5.91 Å². The number of carbonyl (C=O) groups is 1. The van der Waals surface area contributed by atoms with Gasteiger partial charge in [-0.15, -0.1) is 0 Å². The number of carbonyl (C=O) groups excluding carboxylic acids is 1. The number of amides is 1. The first kappa shape index (κ1) is 13.2. The van der Waals surface area contributed by atoms with E-state index >= 15 is 0 Å². The molecule has 0 radical (unpaired) electrons. The molecule has 18 heavy (non-hydrogen) atoms. The van der Waals surface area contributed by atoms with Crippen LogP contribution in [-0.4, -0.2) is 37.2 Å². The molecule has 1 aliphatic heterocycles. The minimum atomic E-state index is -0.482. The minimum Gasteiger partial charge on any atom is -0.481 e. The first-order valence-electron chi connectivity index (χ1n) is 5.84. The fourth-order valence-corrected chi connectivity index (χ4v) is 2.15. The fraction of sp³-hybridized carbons (Fsp3) is 0.462. The maximum Gasteiger partial charge on any atom is 0.263 e. The van der Waals surface area contributed by atoms with E-state index in [1.165, 1.54) is 0 Å². The van der Waals surface area contributed by atoms with Crippen LogP contribution >= 0.6 is 11.6 Å². The van der Waals surface area contributed by atoms with E-state index in [4.69, 9.17) is 21.1 Å². The summed E-state index contributed by atoms with van der Waals surface area (Å²) in [6, 6.07) is 5.41. The van der Waals surface area contributed by atoms with Crippen molar-refractivity contribution in [1.29, 1.82) is 0 Å². The van der Waals surface area contributed by atoms with Gasteiger partial charge in [0.25, 0.3) is 5.91 Å². The van der Waals surface area contributed by atoms with Gasteiger partial charge in [-0.2, -0.15) is 0 Å². The summed E-state index contributed by atoms with van der Waals surface area (Å²) in [7, 11) is 1.62. The van der Waals surface area contributed by atoms with E-state index in [0.717, 1.165) is 11.3 Å². The third-order valence-corrected chi connectivity index (χ3v) is 3.15. The molecule has 1 heterocycles. The van der Waals surface area contributed by atoms with Gasteiger partial charge >= 0.3 is 0 Å². The van der Waals surface area contributed by atoms with E-state index in [2.05, 4.69) is 0 Å². The van der Waals surface area contributed by atoms with E-state index in [0.29, 0.717) is 24.7 Å². The number of hydrogen-bond donors (Lipinski definition) is 0. The second-order valence-electron chi connectivity index (χ2n) is 4.26. The third kappa shape index (κ3) is 2.76. The quantitative estimate of drug-likeness (QED) is 0.843. The number of nitrogens with zero attached hydrogens (tertiary/aromatic N) is 1. The molecule has 0 unspecified atom stereocenters. The summed E-state index contributed by atoms with van der Waals surface area (Å²) in [5.74, 6) is 0.694. The van der Waals surface area contributed by atoms with Crippen LogP contribution in [0.25, 0.3) is 0 Å². The van der Waals surface area contributed by atoms with Crippen molar-refractivity contribution in [3.63, 3.8) is 0 Å². The van der Waals surface area contributed by atoms with Crippen molar-refractivity contribution in [1.82, 2.24) is 4.90 Å². The molecule has 0 saturated carbocycles. The number of hydrogen-bond acceptors (Lipinski definition) is 3. The molecule has 2 rings (SSSR count). The molecule has 0 bridgehead atoms. The van der Waals surface area contributed by atoms with Gasteiger partial charge in [0, 0.05) is 30.8 Å². The van der Waals surface area contributed by atoms with Crippen LogP contribution < -0.4 is 4.74 Å². The number of fused-ring (bicyclic) bond motifs is 1. The largest absolute Gasteiger partial charge is 0.481 e. The van der Waals surface area contributed by atoms with Crippen LogP contribution in [0.5, 0.6) is 5.75 Å². The van der Waals surface area contributed by atoms with Gasteiger partial charge in [0.05, 0.1) is 6.61 Å². The maximum absolute atomic E-state index is 12.1. The van der Waals surface area contributed by atoms with E-state index in [9.17, 15) is 4.79 Å². The molecule has 5 heteroatoms. The van der Waals surface area contributed by atoms with Crippen molar-refractivity contribution in [3.05, 3.63) is 28.8 Å². The maximum atomic E-state index is 12.1. The van der Waals surface area contributed by atoms with Crippen molar-refractivity contribution in [2.45, 2.75) is 19.6 Å². The van der Waals surface area contributed by atoms with Crippen molar-refractivity contribution in [3.8, 4) is 5.75 Å². The average molecular weight is 270 g/mol. The number of benzene rings is 1. The topological polar surface area (TPSA) is 38.8 Å². The number of halogens is 1. The molecule has 0 aromatic heterocycles. The summed E-state index contributed by atoms with van der Waals surface area (Å²) >= 11 is 5.97. The minimum absolute atomic E-state index is 0.0284. The van der Waals surface area contributed by atoms with Crippen LogP contribution in [0.4, 0.5) is 0 Å². The van der Waals surface area contributed by atoms with Crippen molar-refractivity contribution >= 4 is 17.5 Å².